The van der Waals surface area contributed by atoms with Gasteiger partial charge in [-0.3, -0.25) is 9.80 Å². The minimum absolute atomic E-state index is 0.602. The number of hydrogen-bond donors (Lipinski definition) is 1. The Hall–Kier alpha value is -1.38. The smallest absolute Gasteiger partial charge is 0.161 e. The maximum absolute atomic E-state index is 11.1. The lowest BCUT2D eigenvalue weighted by Crippen LogP contribution is -2.51. The average Bonchev–Trinajstić information content (AvgIpc) is 3.07. The molecule has 1 atom stereocenters. The second-order valence-corrected chi connectivity index (χ2v) is 9.25. The lowest BCUT2D eigenvalue weighted by atomic mass is 10.0. The molecule has 2 aliphatic heterocycles. The van der Waals surface area contributed by atoms with Crippen LogP contribution in [0.2, 0.25) is 0 Å². The van der Waals surface area contributed by atoms with Crippen LogP contribution in [0.1, 0.15) is 18.4 Å². The number of benzene rings is 1. The fourth-order valence-corrected chi connectivity index (χ4v) is 4.38. The third-order valence-corrected chi connectivity index (χ3v) is 6.17. The molecule has 2 aliphatic rings. The number of methoxy groups -OCH3 is 1. The summed E-state index contributed by atoms with van der Waals surface area (Å²) in [4.78, 5) is 9.27. The van der Waals surface area contributed by atoms with E-state index in [9.17, 15) is 5.11 Å². The molecule has 0 unspecified atom stereocenters. The summed E-state index contributed by atoms with van der Waals surface area (Å²) in [6.07, 6.45) is 1.82. The molecule has 0 radical (unpaired) electrons. The minimum atomic E-state index is -0.602. The molecule has 30 heavy (non-hydrogen) atoms. The van der Waals surface area contributed by atoms with E-state index >= 15 is 0 Å². The standard InChI is InChI=1S/C23H40N4O3/c1-24(2)9-5-15-30-21-7-6-20(16-22(21)29-4)17-27-10-8-23(28,19-27)18-26-13-11-25(3)12-14-26/h6-7,16,28H,5,8-15,17-19H2,1-4H3/t23-/m0/s1. The number of ether oxygens (including phenoxy) is 2. The van der Waals surface area contributed by atoms with Gasteiger partial charge in [0.25, 0.3) is 0 Å². The molecule has 0 spiro atoms. The van der Waals surface area contributed by atoms with Crippen molar-refractivity contribution in [2.24, 2.45) is 0 Å². The van der Waals surface area contributed by atoms with Gasteiger partial charge in [-0.1, -0.05) is 6.07 Å². The van der Waals surface area contributed by atoms with Crippen LogP contribution in [0.25, 0.3) is 0 Å². The quantitative estimate of drug-likeness (QED) is 0.571. The first-order valence-electron chi connectivity index (χ1n) is 11.2. The highest BCUT2D eigenvalue weighted by atomic mass is 16.5. The van der Waals surface area contributed by atoms with Gasteiger partial charge < -0.3 is 24.4 Å². The van der Waals surface area contributed by atoms with Gasteiger partial charge in [0.1, 0.15) is 0 Å². The zero-order valence-corrected chi connectivity index (χ0v) is 19.3. The number of nitrogens with zero attached hydrogens (tertiary/aromatic N) is 4. The molecular weight excluding hydrogens is 380 g/mol. The monoisotopic (exact) mass is 420 g/mol. The van der Waals surface area contributed by atoms with E-state index in [1.165, 1.54) is 5.56 Å². The molecular formula is C23H40N4O3. The fraction of sp³-hybridized carbons (Fsp3) is 0.739. The van der Waals surface area contributed by atoms with Crippen molar-refractivity contribution in [1.82, 2.24) is 19.6 Å². The molecule has 0 amide bonds. The van der Waals surface area contributed by atoms with Gasteiger partial charge in [-0.05, 0) is 51.7 Å². The van der Waals surface area contributed by atoms with E-state index < -0.39 is 5.60 Å². The summed E-state index contributed by atoms with van der Waals surface area (Å²) in [5.74, 6) is 1.58. The molecule has 7 heteroatoms. The molecule has 0 saturated carbocycles. The predicted octanol–water partition coefficient (Wildman–Crippen LogP) is 1.21. The van der Waals surface area contributed by atoms with Crippen molar-refractivity contribution in [2.45, 2.75) is 25.0 Å². The number of likely N-dealkylation sites (tertiary alicyclic amines) is 1. The lowest BCUT2D eigenvalue weighted by molar-refractivity contribution is -0.000371. The lowest BCUT2D eigenvalue weighted by Gasteiger charge is -2.37. The third-order valence-electron chi connectivity index (χ3n) is 6.17. The first kappa shape index (κ1) is 23.3. The van der Waals surface area contributed by atoms with Crippen molar-refractivity contribution < 1.29 is 14.6 Å². The summed E-state index contributed by atoms with van der Waals surface area (Å²) in [7, 11) is 7.99. The van der Waals surface area contributed by atoms with Crippen LogP contribution in [0.5, 0.6) is 11.5 Å². The van der Waals surface area contributed by atoms with E-state index in [1.54, 1.807) is 7.11 Å². The normalized spacial score (nSPS) is 23.9. The molecule has 7 nitrogen and oxygen atoms in total. The summed E-state index contributed by atoms with van der Waals surface area (Å²) < 4.78 is 11.5. The van der Waals surface area contributed by atoms with Crippen molar-refractivity contribution in [3.05, 3.63) is 23.8 Å². The Labute approximate surface area is 182 Å². The Morgan fingerprint density at radius 3 is 2.53 bits per heavy atom. The highest BCUT2D eigenvalue weighted by Crippen LogP contribution is 2.30. The number of likely N-dealkylation sites (N-methyl/N-ethyl adjacent to an activating group) is 1. The highest BCUT2D eigenvalue weighted by Gasteiger charge is 2.37. The van der Waals surface area contributed by atoms with Crippen LogP contribution in [-0.2, 0) is 6.54 Å². The maximum atomic E-state index is 11.1. The largest absolute Gasteiger partial charge is 0.493 e. The molecule has 1 aromatic rings. The van der Waals surface area contributed by atoms with Crippen LogP contribution in [0, 0.1) is 0 Å². The van der Waals surface area contributed by atoms with Crippen LogP contribution in [0.3, 0.4) is 0 Å². The van der Waals surface area contributed by atoms with Gasteiger partial charge in [0, 0.05) is 58.9 Å². The van der Waals surface area contributed by atoms with Crippen LogP contribution < -0.4 is 9.47 Å². The Balaban J connectivity index is 1.50. The van der Waals surface area contributed by atoms with Crippen molar-refractivity contribution >= 4 is 0 Å². The summed E-state index contributed by atoms with van der Waals surface area (Å²) >= 11 is 0. The molecule has 170 valence electrons. The first-order chi connectivity index (χ1) is 14.4. The second kappa shape index (κ2) is 10.8. The van der Waals surface area contributed by atoms with Crippen molar-refractivity contribution in [1.29, 1.82) is 0 Å². The van der Waals surface area contributed by atoms with Gasteiger partial charge in [-0.2, -0.15) is 0 Å². The number of β-amino-alcohol motifs (C(OH)–C–C–N with tert-alkyl or cyclic N) is 1. The van der Waals surface area contributed by atoms with Gasteiger partial charge in [0.15, 0.2) is 11.5 Å². The van der Waals surface area contributed by atoms with Gasteiger partial charge in [0.05, 0.1) is 19.3 Å². The maximum Gasteiger partial charge on any atom is 0.161 e. The number of piperazine rings is 1. The van der Waals surface area contributed by atoms with Gasteiger partial charge in [0.2, 0.25) is 0 Å². The summed E-state index contributed by atoms with van der Waals surface area (Å²) in [5, 5.41) is 11.1. The number of rotatable bonds is 10. The molecule has 2 fully saturated rings. The number of aliphatic hydroxyl groups is 1. The molecule has 2 heterocycles. The predicted molar refractivity (Wildman–Crippen MR) is 120 cm³/mol. The van der Waals surface area contributed by atoms with E-state index in [0.29, 0.717) is 6.61 Å². The molecule has 1 N–H and O–H groups in total. The van der Waals surface area contributed by atoms with Crippen molar-refractivity contribution in [3.63, 3.8) is 0 Å². The summed E-state index contributed by atoms with van der Waals surface area (Å²) in [6.45, 7) is 9.21. The molecule has 0 aliphatic carbocycles. The zero-order chi connectivity index (χ0) is 21.6. The first-order valence-corrected chi connectivity index (χ1v) is 11.2. The SMILES string of the molecule is COc1cc(CN2CC[C@](O)(CN3CCN(C)CC3)C2)ccc1OCCCN(C)C. The average molecular weight is 421 g/mol. The second-order valence-electron chi connectivity index (χ2n) is 9.25. The van der Waals surface area contributed by atoms with E-state index in [1.807, 2.05) is 6.07 Å². The summed E-state index contributed by atoms with van der Waals surface area (Å²) in [5.41, 5.74) is 0.589. The summed E-state index contributed by atoms with van der Waals surface area (Å²) in [6, 6.07) is 6.19. The molecule has 0 aromatic heterocycles. The van der Waals surface area contributed by atoms with Crippen LogP contribution in [-0.4, -0.2) is 118 Å². The molecule has 2 saturated heterocycles. The van der Waals surface area contributed by atoms with E-state index in [2.05, 4.69) is 52.9 Å². The Kier molecular flexibility index (Phi) is 8.36. The highest BCUT2D eigenvalue weighted by molar-refractivity contribution is 5.43. The van der Waals surface area contributed by atoms with Crippen LogP contribution >= 0.6 is 0 Å². The van der Waals surface area contributed by atoms with Gasteiger partial charge >= 0.3 is 0 Å². The van der Waals surface area contributed by atoms with E-state index in [4.69, 9.17) is 9.47 Å². The zero-order valence-electron chi connectivity index (χ0n) is 19.3. The Bertz CT molecular complexity index is 664. The van der Waals surface area contributed by atoms with Crippen molar-refractivity contribution in [3.8, 4) is 11.5 Å². The molecule has 0 bridgehead atoms. The molecule has 3 rings (SSSR count). The molecule has 1 aromatic carbocycles. The topological polar surface area (TPSA) is 51.7 Å². The minimum Gasteiger partial charge on any atom is -0.493 e. The fourth-order valence-electron chi connectivity index (χ4n) is 4.38. The van der Waals surface area contributed by atoms with Crippen molar-refractivity contribution in [2.75, 3.05) is 87.2 Å². The van der Waals surface area contributed by atoms with E-state index in [0.717, 1.165) is 83.2 Å². The van der Waals surface area contributed by atoms with Crippen LogP contribution in [0.4, 0.5) is 0 Å². The Morgan fingerprint density at radius 2 is 1.83 bits per heavy atom. The van der Waals surface area contributed by atoms with E-state index in [-0.39, 0.29) is 0 Å². The van der Waals surface area contributed by atoms with Crippen LogP contribution in [0.15, 0.2) is 18.2 Å². The third kappa shape index (κ3) is 6.82. The van der Waals surface area contributed by atoms with Gasteiger partial charge in [-0.15, -0.1) is 0 Å². The Morgan fingerprint density at radius 1 is 1.07 bits per heavy atom. The van der Waals surface area contributed by atoms with Gasteiger partial charge in [-0.25, -0.2) is 0 Å². The number of hydrogen-bond acceptors (Lipinski definition) is 7.